The van der Waals surface area contributed by atoms with Crippen molar-refractivity contribution in [1.29, 1.82) is 0 Å². The van der Waals surface area contributed by atoms with Crippen molar-refractivity contribution in [3.63, 3.8) is 0 Å². The molecular formula is C15H23N3O2. The number of nitrogens with zero attached hydrogens (tertiary/aromatic N) is 2. The molecule has 0 heterocycles. The predicted molar refractivity (Wildman–Crippen MR) is 80.1 cm³/mol. The second kappa shape index (κ2) is 5.94. The van der Waals surface area contributed by atoms with Crippen LogP contribution in [0.25, 0.3) is 0 Å². The second-order valence-corrected chi connectivity index (χ2v) is 5.94. The van der Waals surface area contributed by atoms with Crippen molar-refractivity contribution in [2.45, 2.75) is 39.2 Å². The molecule has 0 radical (unpaired) electrons. The molecule has 1 aromatic carbocycles. The number of nitrogens with two attached hydrogens (primary N) is 1. The number of carbonyl (C=O) groups is 1. The fourth-order valence-electron chi connectivity index (χ4n) is 1.77. The normalized spacial score (nSPS) is 13.9. The first kappa shape index (κ1) is 16.0. The molecule has 0 bridgehead atoms. The second-order valence-electron chi connectivity index (χ2n) is 5.94. The minimum absolute atomic E-state index is 0.00663. The van der Waals surface area contributed by atoms with Crippen molar-refractivity contribution >= 4 is 11.7 Å². The molecule has 1 rings (SSSR count). The molecule has 20 heavy (non-hydrogen) atoms. The molecule has 110 valence electrons. The number of hydrogen-bond acceptors (Lipinski definition) is 3. The molecule has 1 atom stereocenters. The van der Waals surface area contributed by atoms with Crippen LogP contribution in [-0.4, -0.2) is 34.9 Å². The molecule has 0 fully saturated rings. The summed E-state index contributed by atoms with van der Waals surface area (Å²) in [5.41, 5.74) is 7.32. The molecule has 1 aromatic rings. The van der Waals surface area contributed by atoms with Gasteiger partial charge in [-0.2, -0.15) is 0 Å². The number of carbonyl (C=O) groups excluding carboxylic acids is 1. The van der Waals surface area contributed by atoms with Gasteiger partial charge in [0.2, 0.25) is 0 Å². The smallest absolute Gasteiger partial charge is 0.254 e. The Bertz CT molecular complexity index is 501. The highest BCUT2D eigenvalue weighted by Crippen LogP contribution is 2.22. The number of oxime groups is 1. The van der Waals surface area contributed by atoms with Crippen molar-refractivity contribution in [2.75, 3.05) is 7.05 Å². The summed E-state index contributed by atoms with van der Waals surface area (Å²) in [6.07, 6.45) is 0. The summed E-state index contributed by atoms with van der Waals surface area (Å²) < 4.78 is 0. The Balaban J connectivity index is 2.93. The van der Waals surface area contributed by atoms with Gasteiger partial charge in [0.05, 0.1) is 6.04 Å². The highest BCUT2D eigenvalue weighted by atomic mass is 16.4. The Kier molecular flexibility index (Phi) is 4.76. The Morgan fingerprint density at radius 3 is 2.20 bits per heavy atom. The number of rotatable bonds is 3. The maximum Gasteiger partial charge on any atom is 0.254 e. The fraction of sp³-hybridized carbons (Fsp3) is 0.467. The van der Waals surface area contributed by atoms with E-state index in [9.17, 15) is 4.79 Å². The van der Waals surface area contributed by atoms with Crippen molar-refractivity contribution < 1.29 is 10.0 Å². The molecule has 0 aliphatic rings. The van der Waals surface area contributed by atoms with E-state index >= 15 is 0 Å². The lowest BCUT2D eigenvalue weighted by Crippen LogP contribution is -2.43. The highest BCUT2D eigenvalue weighted by Gasteiger charge is 2.21. The summed E-state index contributed by atoms with van der Waals surface area (Å²) in [5, 5.41) is 11.6. The molecule has 0 saturated heterocycles. The summed E-state index contributed by atoms with van der Waals surface area (Å²) in [4.78, 5) is 13.7. The van der Waals surface area contributed by atoms with E-state index in [2.05, 4.69) is 25.9 Å². The number of amidine groups is 1. The van der Waals surface area contributed by atoms with E-state index in [0.717, 1.165) is 0 Å². The van der Waals surface area contributed by atoms with Gasteiger partial charge in [-0.3, -0.25) is 4.79 Å². The molecule has 1 unspecified atom stereocenters. The van der Waals surface area contributed by atoms with E-state index < -0.39 is 6.04 Å². The fourth-order valence-corrected chi connectivity index (χ4v) is 1.77. The molecule has 0 saturated carbocycles. The van der Waals surface area contributed by atoms with Gasteiger partial charge in [0.1, 0.15) is 0 Å². The SMILES string of the molecule is CC(C(N)=NO)N(C)C(=O)c1ccc(C(C)(C)C)cc1. The Morgan fingerprint density at radius 2 is 1.80 bits per heavy atom. The molecular weight excluding hydrogens is 254 g/mol. The van der Waals surface area contributed by atoms with Crippen molar-refractivity contribution in [3.8, 4) is 0 Å². The van der Waals surface area contributed by atoms with Gasteiger partial charge in [-0.15, -0.1) is 0 Å². The van der Waals surface area contributed by atoms with Crippen LogP contribution in [0, 0.1) is 0 Å². The molecule has 0 spiro atoms. The molecule has 0 aromatic heterocycles. The third-order valence-corrected chi connectivity index (χ3v) is 3.44. The third kappa shape index (κ3) is 3.50. The van der Waals surface area contributed by atoms with Crippen LogP contribution in [0.2, 0.25) is 0 Å². The lowest BCUT2D eigenvalue weighted by Gasteiger charge is -2.24. The quantitative estimate of drug-likeness (QED) is 0.385. The standard InChI is InChI=1S/C15H23N3O2/c1-10(13(16)17-20)18(5)14(19)11-6-8-12(9-7-11)15(2,3)4/h6-10,20H,1-5H3,(H2,16,17). The third-order valence-electron chi connectivity index (χ3n) is 3.44. The Labute approximate surface area is 120 Å². The van der Waals surface area contributed by atoms with E-state index in [1.807, 2.05) is 12.1 Å². The summed E-state index contributed by atoms with van der Waals surface area (Å²) in [5.74, 6) is -0.156. The van der Waals surface area contributed by atoms with Gasteiger partial charge >= 0.3 is 0 Å². The van der Waals surface area contributed by atoms with E-state index in [4.69, 9.17) is 10.9 Å². The molecule has 5 nitrogen and oxygen atoms in total. The zero-order valence-corrected chi connectivity index (χ0v) is 12.7. The van der Waals surface area contributed by atoms with Crippen molar-refractivity contribution in [1.82, 2.24) is 4.90 Å². The lowest BCUT2D eigenvalue weighted by molar-refractivity contribution is 0.0776. The van der Waals surface area contributed by atoms with Crippen molar-refractivity contribution in [2.24, 2.45) is 10.9 Å². The number of likely N-dealkylation sites (N-methyl/N-ethyl adjacent to an activating group) is 1. The topological polar surface area (TPSA) is 78.9 Å². The largest absolute Gasteiger partial charge is 0.409 e. The van der Waals surface area contributed by atoms with Crippen LogP contribution in [-0.2, 0) is 5.41 Å². The first-order valence-electron chi connectivity index (χ1n) is 6.53. The summed E-state index contributed by atoms with van der Waals surface area (Å²) >= 11 is 0. The first-order chi connectivity index (χ1) is 9.18. The van der Waals surface area contributed by atoms with Gasteiger partial charge < -0.3 is 15.8 Å². The van der Waals surface area contributed by atoms with Crippen LogP contribution in [0.15, 0.2) is 29.4 Å². The minimum atomic E-state index is -0.463. The summed E-state index contributed by atoms with van der Waals surface area (Å²) in [7, 11) is 1.63. The predicted octanol–water partition coefficient (Wildman–Crippen LogP) is 2.19. The van der Waals surface area contributed by atoms with E-state index in [-0.39, 0.29) is 17.2 Å². The van der Waals surface area contributed by atoms with E-state index in [1.165, 1.54) is 10.5 Å². The van der Waals surface area contributed by atoms with Crippen LogP contribution in [0.5, 0.6) is 0 Å². The van der Waals surface area contributed by atoms with Gasteiger partial charge in [-0.1, -0.05) is 38.1 Å². The van der Waals surface area contributed by atoms with Crippen LogP contribution >= 0.6 is 0 Å². The summed E-state index contributed by atoms with van der Waals surface area (Å²) in [6.45, 7) is 8.07. The molecule has 5 heteroatoms. The van der Waals surface area contributed by atoms with Crippen LogP contribution in [0.3, 0.4) is 0 Å². The van der Waals surface area contributed by atoms with Gasteiger partial charge in [-0.25, -0.2) is 0 Å². The first-order valence-corrected chi connectivity index (χ1v) is 6.53. The average molecular weight is 277 g/mol. The maximum atomic E-state index is 12.3. The van der Waals surface area contributed by atoms with Gasteiger partial charge in [0.15, 0.2) is 5.84 Å². The Morgan fingerprint density at radius 1 is 1.30 bits per heavy atom. The molecule has 0 aliphatic carbocycles. The van der Waals surface area contributed by atoms with Crippen LogP contribution in [0.1, 0.15) is 43.6 Å². The minimum Gasteiger partial charge on any atom is -0.409 e. The van der Waals surface area contributed by atoms with Gasteiger partial charge in [-0.05, 0) is 30.0 Å². The van der Waals surface area contributed by atoms with Crippen molar-refractivity contribution in [3.05, 3.63) is 35.4 Å². The maximum absolute atomic E-state index is 12.3. The monoisotopic (exact) mass is 277 g/mol. The number of amides is 1. The van der Waals surface area contributed by atoms with Gasteiger partial charge in [0.25, 0.3) is 5.91 Å². The number of benzene rings is 1. The molecule has 1 amide bonds. The van der Waals surface area contributed by atoms with Crippen LogP contribution in [0.4, 0.5) is 0 Å². The Hall–Kier alpha value is -2.04. The van der Waals surface area contributed by atoms with Gasteiger partial charge in [0, 0.05) is 12.6 Å². The highest BCUT2D eigenvalue weighted by molar-refractivity contribution is 5.98. The zero-order chi connectivity index (χ0) is 15.5. The average Bonchev–Trinajstić information content (AvgIpc) is 2.43. The van der Waals surface area contributed by atoms with E-state index in [0.29, 0.717) is 5.56 Å². The zero-order valence-electron chi connectivity index (χ0n) is 12.7. The van der Waals surface area contributed by atoms with E-state index in [1.54, 1.807) is 26.1 Å². The molecule has 3 N–H and O–H groups in total. The van der Waals surface area contributed by atoms with Crippen LogP contribution < -0.4 is 5.73 Å². The summed E-state index contributed by atoms with van der Waals surface area (Å²) in [6, 6.07) is 7.05. The lowest BCUT2D eigenvalue weighted by atomic mass is 9.86. The number of hydrogen-bond donors (Lipinski definition) is 2. The molecule has 0 aliphatic heterocycles.